The van der Waals surface area contributed by atoms with Crippen molar-refractivity contribution in [1.29, 1.82) is 5.41 Å². The van der Waals surface area contributed by atoms with Crippen molar-refractivity contribution in [2.24, 2.45) is 0 Å². The van der Waals surface area contributed by atoms with Gasteiger partial charge in [0.05, 0.1) is 28.1 Å². The van der Waals surface area contributed by atoms with E-state index in [0.717, 1.165) is 16.0 Å². The number of nitrogens with two attached hydrogens (primary N) is 1. The number of hydrogen-bond acceptors (Lipinski definition) is 6. The first-order chi connectivity index (χ1) is 14.5. The fourth-order valence-corrected chi connectivity index (χ4v) is 3.64. The zero-order valence-corrected chi connectivity index (χ0v) is 17.2. The number of nitrogen functional groups attached to an aromatic ring is 1. The smallest absolute Gasteiger partial charge is 0.226 e. The molecule has 0 spiro atoms. The number of hydrogen-bond donors (Lipinski definition) is 3. The van der Waals surface area contributed by atoms with Gasteiger partial charge in [0.25, 0.3) is 0 Å². The molecule has 0 aliphatic heterocycles. The van der Waals surface area contributed by atoms with E-state index < -0.39 is 5.82 Å². The van der Waals surface area contributed by atoms with Gasteiger partial charge in [0.15, 0.2) is 11.6 Å². The summed E-state index contributed by atoms with van der Waals surface area (Å²) in [6.45, 7) is 2.17. The summed E-state index contributed by atoms with van der Waals surface area (Å²) in [5, 5.41) is 10.4. The van der Waals surface area contributed by atoms with Gasteiger partial charge in [0, 0.05) is 29.7 Å². The molecule has 0 aliphatic carbocycles. The molecular formula is C22H21FN4O2S. The summed E-state index contributed by atoms with van der Waals surface area (Å²) >= 11 is 1.37. The Morgan fingerprint density at radius 2 is 2.17 bits per heavy atom. The lowest BCUT2D eigenvalue weighted by Crippen LogP contribution is -2.25. The van der Waals surface area contributed by atoms with Crippen molar-refractivity contribution in [2.75, 3.05) is 12.3 Å². The van der Waals surface area contributed by atoms with Crippen LogP contribution in [0.15, 0.2) is 36.5 Å². The van der Waals surface area contributed by atoms with Gasteiger partial charge in [-0.25, -0.2) is 4.39 Å². The Balaban J connectivity index is 1.68. The number of rotatable bonds is 7. The van der Waals surface area contributed by atoms with Crippen LogP contribution in [0.5, 0.6) is 11.5 Å². The average Bonchev–Trinajstić information content (AvgIpc) is 3.11. The normalized spacial score (nSPS) is 10.3. The van der Waals surface area contributed by atoms with Gasteiger partial charge in [-0.3, -0.25) is 9.78 Å². The number of pyridine rings is 1. The largest absolute Gasteiger partial charge is 0.453 e. The predicted octanol–water partition coefficient (Wildman–Crippen LogP) is 4.49. The summed E-state index contributed by atoms with van der Waals surface area (Å²) < 4.78 is 20.5. The van der Waals surface area contributed by atoms with E-state index in [0.29, 0.717) is 29.1 Å². The zero-order chi connectivity index (χ0) is 21.5. The summed E-state index contributed by atoms with van der Waals surface area (Å²) in [4.78, 5) is 16.8. The molecule has 3 aromatic rings. The van der Waals surface area contributed by atoms with E-state index in [4.69, 9.17) is 15.9 Å². The first kappa shape index (κ1) is 21.3. The molecule has 3 rings (SSSR count). The van der Waals surface area contributed by atoms with Crippen LogP contribution in [0.2, 0.25) is 0 Å². The monoisotopic (exact) mass is 424 g/mol. The number of nitrogens with one attached hydrogen (secondary N) is 2. The second-order valence-corrected chi connectivity index (χ2v) is 7.59. The fourth-order valence-electron chi connectivity index (χ4n) is 2.70. The summed E-state index contributed by atoms with van der Waals surface area (Å²) in [6, 6.07) is 7.74. The molecule has 1 aromatic carbocycles. The minimum atomic E-state index is -0.542. The highest BCUT2D eigenvalue weighted by molar-refractivity contribution is 7.19. The average molecular weight is 425 g/mol. The third-order valence-corrected chi connectivity index (χ3v) is 5.12. The van der Waals surface area contributed by atoms with Crippen LogP contribution < -0.4 is 15.8 Å². The second-order valence-electron chi connectivity index (χ2n) is 6.53. The van der Waals surface area contributed by atoms with Crippen molar-refractivity contribution in [1.82, 2.24) is 10.3 Å². The van der Waals surface area contributed by atoms with Crippen molar-refractivity contribution in [3.05, 3.63) is 47.2 Å². The first-order valence-corrected chi connectivity index (χ1v) is 10.2. The van der Waals surface area contributed by atoms with E-state index in [1.54, 1.807) is 18.3 Å². The molecule has 0 fully saturated rings. The number of halogens is 1. The van der Waals surface area contributed by atoms with E-state index in [1.165, 1.54) is 23.5 Å². The Morgan fingerprint density at radius 1 is 1.33 bits per heavy atom. The van der Waals surface area contributed by atoms with Crippen LogP contribution in [-0.2, 0) is 4.79 Å². The molecule has 0 atom stereocenters. The highest BCUT2D eigenvalue weighted by Crippen LogP contribution is 2.35. The van der Waals surface area contributed by atoms with Gasteiger partial charge in [0.2, 0.25) is 5.91 Å². The van der Waals surface area contributed by atoms with Crippen LogP contribution in [0.4, 0.5) is 10.1 Å². The molecule has 0 saturated heterocycles. The SMILES string of the molecule is CCCC(=N)CC(=O)NCC#Cc1cc2nccc(Oc3ccc(N)cc3F)c2s1. The van der Waals surface area contributed by atoms with Crippen molar-refractivity contribution in [3.63, 3.8) is 0 Å². The number of aromatic nitrogens is 1. The van der Waals surface area contributed by atoms with Gasteiger partial charge in [-0.1, -0.05) is 25.2 Å². The molecule has 1 amide bonds. The van der Waals surface area contributed by atoms with E-state index in [9.17, 15) is 9.18 Å². The van der Waals surface area contributed by atoms with Crippen molar-refractivity contribution < 1.29 is 13.9 Å². The fraction of sp³-hybridized carbons (Fsp3) is 0.227. The third-order valence-electron chi connectivity index (χ3n) is 4.06. The van der Waals surface area contributed by atoms with Crippen LogP contribution in [0.25, 0.3) is 10.2 Å². The molecule has 2 aromatic heterocycles. The van der Waals surface area contributed by atoms with Gasteiger partial charge in [-0.15, -0.1) is 11.3 Å². The summed E-state index contributed by atoms with van der Waals surface area (Å²) in [5.41, 5.74) is 7.00. The molecule has 2 heterocycles. The minimum Gasteiger partial charge on any atom is -0.453 e. The Kier molecular flexibility index (Phi) is 6.99. The van der Waals surface area contributed by atoms with Crippen LogP contribution in [-0.4, -0.2) is 23.1 Å². The van der Waals surface area contributed by atoms with Crippen LogP contribution >= 0.6 is 11.3 Å². The molecular weight excluding hydrogens is 403 g/mol. The number of carbonyl (C=O) groups is 1. The number of thiophene rings is 1. The topological polar surface area (TPSA) is 101 Å². The van der Waals surface area contributed by atoms with E-state index in [1.807, 2.05) is 13.0 Å². The Hall–Kier alpha value is -3.44. The summed E-state index contributed by atoms with van der Waals surface area (Å²) in [7, 11) is 0. The molecule has 0 bridgehead atoms. The third kappa shape index (κ3) is 5.55. The quantitative estimate of drug-likeness (QED) is 0.295. The van der Waals surface area contributed by atoms with Gasteiger partial charge < -0.3 is 21.2 Å². The summed E-state index contributed by atoms with van der Waals surface area (Å²) in [6.07, 6.45) is 3.16. The van der Waals surface area contributed by atoms with Crippen LogP contribution in [0.3, 0.4) is 0 Å². The number of amides is 1. The number of benzene rings is 1. The Labute approximate surface area is 177 Å². The van der Waals surface area contributed by atoms with E-state index in [-0.39, 0.29) is 24.6 Å². The van der Waals surface area contributed by atoms with Gasteiger partial charge >= 0.3 is 0 Å². The molecule has 4 N–H and O–H groups in total. The van der Waals surface area contributed by atoms with Gasteiger partial charge in [-0.2, -0.15) is 0 Å². The Morgan fingerprint density at radius 3 is 2.93 bits per heavy atom. The lowest BCUT2D eigenvalue weighted by atomic mass is 10.1. The number of anilines is 1. The standard InChI is InChI=1S/C22H21FN4O2S/c1-2-4-14(24)12-21(28)27-9-3-5-16-13-18-22(30-16)20(8-10-26-18)29-19-7-6-15(25)11-17(19)23/h6-8,10-11,13,24H,2,4,9,12,25H2,1H3,(H,27,28). The van der Waals surface area contributed by atoms with E-state index in [2.05, 4.69) is 22.1 Å². The maximum absolute atomic E-state index is 14.0. The maximum Gasteiger partial charge on any atom is 0.226 e. The molecule has 0 saturated carbocycles. The number of carbonyl (C=O) groups excluding carboxylic acids is 1. The molecule has 0 radical (unpaired) electrons. The van der Waals surface area contributed by atoms with Crippen molar-refractivity contribution in [3.8, 4) is 23.3 Å². The van der Waals surface area contributed by atoms with Gasteiger partial charge in [-0.05, 0) is 24.6 Å². The van der Waals surface area contributed by atoms with E-state index >= 15 is 0 Å². The number of fused-ring (bicyclic) bond motifs is 1. The minimum absolute atomic E-state index is 0.0779. The zero-order valence-electron chi connectivity index (χ0n) is 16.4. The highest BCUT2D eigenvalue weighted by atomic mass is 32.1. The molecule has 0 unspecified atom stereocenters. The van der Waals surface area contributed by atoms with Crippen molar-refractivity contribution in [2.45, 2.75) is 26.2 Å². The lowest BCUT2D eigenvalue weighted by molar-refractivity contribution is -0.119. The molecule has 8 heteroatoms. The lowest BCUT2D eigenvalue weighted by Gasteiger charge is -2.07. The molecule has 0 aliphatic rings. The van der Waals surface area contributed by atoms with Crippen LogP contribution in [0.1, 0.15) is 31.1 Å². The first-order valence-electron chi connectivity index (χ1n) is 9.39. The predicted molar refractivity (Wildman–Crippen MR) is 118 cm³/mol. The number of nitrogens with zero attached hydrogens (tertiary/aromatic N) is 1. The highest BCUT2D eigenvalue weighted by Gasteiger charge is 2.11. The van der Waals surface area contributed by atoms with Crippen molar-refractivity contribution >= 4 is 38.9 Å². The van der Waals surface area contributed by atoms with Gasteiger partial charge in [0.1, 0.15) is 5.75 Å². The molecule has 30 heavy (non-hydrogen) atoms. The second kappa shape index (κ2) is 9.85. The maximum atomic E-state index is 14.0. The molecule has 154 valence electrons. The van der Waals surface area contributed by atoms with Crippen LogP contribution in [0, 0.1) is 23.1 Å². The molecule has 6 nitrogen and oxygen atoms in total. The summed E-state index contributed by atoms with van der Waals surface area (Å²) in [5.74, 6) is 5.70. The number of ether oxygens (including phenoxy) is 1. The Bertz CT molecular complexity index is 1150.